The molecule has 1 N–H and O–H groups in total. The van der Waals surface area contributed by atoms with Crippen LogP contribution in [0.4, 0.5) is 5.69 Å². The summed E-state index contributed by atoms with van der Waals surface area (Å²) >= 11 is 3.37. The van der Waals surface area contributed by atoms with E-state index in [4.69, 9.17) is 0 Å². The molecule has 18 heavy (non-hydrogen) atoms. The molecule has 0 spiro atoms. The average molecular weight is 305 g/mol. The van der Waals surface area contributed by atoms with Crippen LogP contribution in [0.1, 0.15) is 29.4 Å². The van der Waals surface area contributed by atoms with Crippen LogP contribution in [0.2, 0.25) is 0 Å². The Morgan fingerprint density at radius 1 is 1.22 bits per heavy atom. The third-order valence-electron chi connectivity index (χ3n) is 3.05. The monoisotopic (exact) mass is 304 g/mol. The predicted molar refractivity (Wildman–Crippen MR) is 74.8 cm³/mol. The van der Waals surface area contributed by atoms with Crippen LogP contribution in [0, 0.1) is 0 Å². The first kappa shape index (κ1) is 11.5. The molecule has 0 saturated heterocycles. The van der Waals surface area contributed by atoms with Crippen molar-refractivity contribution in [3.8, 4) is 0 Å². The van der Waals surface area contributed by atoms with E-state index in [9.17, 15) is 4.79 Å². The van der Waals surface area contributed by atoms with Crippen molar-refractivity contribution in [2.75, 3.05) is 5.32 Å². The van der Waals surface area contributed by atoms with Gasteiger partial charge in [0.2, 0.25) is 0 Å². The molecule has 1 aliphatic carbocycles. The highest BCUT2D eigenvalue weighted by Crippen LogP contribution is 2.36. The van der Waals surface area contributed by atoms with Crippen molar-refractivity contribution in [3.05, 3.63) is 52.8 Å². The van der Waals surface area contributed by atoms with Crippen LogP contribution in [0.5, 0.6) is 0 Å². The average Bonchev–Trinajstić information content (AvgIpc) is 3.09. The lowest BCUT2D eigenvalue weighted by Gasteiger charge is -2.08. The largest absolute Gasteiger partial charge is 0.340 e. The highest BCUT2D eigenvalue weighted by molar-refractivity contribution is 9.10. The molecule has 1 aromatic heterocycles. The van der Waals surface area contributed by atoms with E-state index in [0.717, 1.165) is 15.9 Å². The molecule has 1 aliphatic rings. The minimum atomic E-state index is -0.0470. The number of rotatable bonds is 3. The quantitative estimate of drug-likeness (QED) is 0.918. The third-order valence-corrected chi connectivity index (χ3v) is 3.58. The van der Waals surface area contributed by atoms with Crippen LogP contribution in [-0.2, 0) is 0 Å². The second-order valence-electron chi connectivity index (χ2n) is 4.49. The number of nitrogens with one attached hydrogen (secondary N) is 1. The van der Waals surface area contributed by atoms with Crippen molar-refractivity contribution in [1.29, 1.82) is 0 Å². The van der Waals surface area contributed by atoms with Gasteiger partial charge in [-0.3, -0.25) is 4.79 Å². The lowest BCUT2D eigenvalue weighted by molar-refractivity contribution is 0.101. The summed E-state index contributed by atoms with van der Waals surface area (Å²) < 4.78 is 3.07. The molecule has 3 rings (SSSR count). The highest BCUT2D eigenvalue weighted by atomic mass is 79.9. The summed E-state index contributed by atoms with van der Waals surface area (Å²) in [7, 11) is 0. The zero-order chi connectivity index (χ0) is 12.5. The lowest BCUT2D eigenvalue weighted by Crippen LogP contribution is -2.16. The number of halogens is 1. The van der Waals surface area contributed by atoms with Crippen LogP contribution in [0.3, 0.4) is 0 Å². The molecule has 0 unspecified atom stereocenters. The zero-order valence-electron chi connectivity index (χ0n) is 9.77. The van der Waals surface area contributed by atoms with Gasteiger partial charge in [-0.05, 0) is 49.2 Å². The fraction of sp³-hybridized carbons (Fsp3) is 0.214. The Labute approximate surface area is 114 Å². The number of nitrogens with zero attached hydrogens (tertiary/aromatic N) is 1. The van der Waals surface area contributed by atoms with Crippen molar-refractivity contribution >= 4 is 27.5 Å². The van der Waals surface area contributed by atoms with Gasteiger partial charge in [-0.1, -0.05) is 15.9 Å². The number of benzene rings is 1. The van der Waals surface area contributed by atoms with Gasteiger partial charge in [0, 0.05) is 22.4 Å². The van der Waals surface area contributed by atoms with Crippen LogP contribution in [0.25, 0.3) is 0 Å². The predicted octanol–water partition coefficient (Wildman–Crippen LogP) is 3.84. The Morgan fingerprint density at radius 2 is 1.94 bits per heavy atom. The molecule has 1 aromatic carbocycles. The smallest absolute Gasteiger partial charge is 0.272 e. The number of carbonyl (C=O) groups is 1. The molecule has 2 aromatic rings. The Kier molecular flexibility index (Phi) is 2.96. The Morgan fingerprint density at radius 3 is 2.61 bits per heavy atom. The molecule has 0 radical (unpaired) electrons. The van der Waals surface area contributed by atoms with Gasteiger partial charge in [-0.25, -0.2) is 0 Å². The summed E-state index contributed by atoms with van der Waals surface area (Å²) in [6, 6.07) is 11.9. The van der Waals surface area contributed by atoms with Gasteiger partial charge < -0.3 is 9.88 Å². The molecule has 3 nitrogen and oxygen atoms in total. The van der Waals surface area contributed by atoms with E-state index in [2.05, 4.69) is 25.8 Å². The fourth-order valence-electron chi connectivity index (χ4n) is 1.99. The van der Waals surface area contributed by atoms with Crippen molar-refractivity contribution in [2.24, 2.45) is 0 Å². The molecule has 92 valence electrons. The van der Waals surface area contributed by atoms with Crippen LogP contribution in [0.15, 0.2) is 47.1 Å². The normalized spacial score (nSPS) is 14.5. The molecule has 0 atom stereocenters. The van der Waals surface area contributed by atoms with Gasteiger partial charge >= 0.3 is 0 Å². The Balaban J connectivity index is 1.78. The second kappa shape index (κ2) is 4.61. The van der Waals surface area contributed by atoms with Crippen molar-refractivity contribution in [2.45, 2.75) is 18.9 Å². The van der Waals surface area contributed by atoms with Crippen LogP contribution < -0.4 is 5.32 Å². The van der Waals surface area contributed by atoms with Crippen molar-refractivity contribution < 1.29 is 4.79 Å². The number of carbonyl (C=O) groups excluding carboxylic acids is 1. The summed E-state index contributed by atoms with van der Waals surface area (Å²) in [4.78, 5) is 12.2. The maximum Gasteiger partial charge on any atom is 0.272 e. The minimum absolute atomic E-state index is 0.0470. The summed E-state index contributed by atoms with van der Waals surface area (Å²) in [6.07, 6.45) is 4.33. The number of hydrogen-bond donors (Lipinski definition) is 1. The molecule has 1 fully saturated rings. The molecular weight excluding hydrogens is 292 g/mol. The van der Waals surface area contributed by atoms with E-state index in [1.165, 1.54) is 12.8 Å². The number of amides is 1. The van der Waals surface area contributed by atoms with Gasteiger partial charge in [-0.15, -0.1) is 0 Å². The van der Waals surface area contributed by atoms with Gasteiger partial charge in [0.25, 0.3) is 5.91 Å². The van der Waals surface area contributed by atoms with Crippen LogP contribution in [-0.4, -0.2) is 10.5 Å². The lowest BCUT2D eigenvalue weighted by atomic mass is 10.3. The SMILES string of the molecule is O=C(Nc1ccc(Br)cc1)c1cccn1C1CC1. The summed E-state index contributed by atoms with van der Waals surface area (Å²) in [5.41, 5.74) is 1.55. The first-order chi connectivity index (χ1) is 8.74. The highest BCUT2D eigenvalue weighted by Gasteiger charge is 2.26. The maximum absolute atomic E-state index is 12.2. The van der Waals surface area contributed by atoms with Crippen molar-refractivity contribution in [1.82, 2.24) is 4.57 Å². The van der Waals surface area contributed by atoms with E-state index in [0.29, 0.717) is 6.04 Å². The van der Waals surface area contributed by atoms with Crippen LogP contribution >= 0.6 is 15.9 Å². The summed E-state index contributed by atoms with van der Waals surface area (Å²) in [5.74, 6) is -0.0470. The molecule has 0 aliphatic heterocycles. The van der Waals surface area contributed by atoms with Gasteiger partial charge in [0.05, 0.1) is 0 Å². The van der Waals surface area contributed by atoms with E-state index in [1.54, 1.807) is 0 Å². The number of anilines is 1. The van der Waals surface area contributed by atoms with E-state index >= 15 is 0 Å². The first-order valence-corrected chi connectivity index (χ1v) is 6.77. The fourth-order valence-corrected chi connectivity index (χ4v) is 2.25. The Hall–Kier alpha value is -1.55. The zero-order valence-corrected chi connectivity index (χ0v) is 11.4. The molecule has 4 heteroatoms. The third kappa shape index (κ3) is 2.34. The summed E-state index contributed by atoms with van der Waals surface area (Å²) in [6.45, 7) is 0. The van der Waals surface area contributed by atoms with Gasteiger partial charge in [0.1, 0.15) is 5.69 Å². The summed E-state index contributed by atoms with van der Waals surface area (Å²) in [5, 5.41) is 2.91. The molecule has 1 amide bonds. The topological polar surface area (TPSA) is 34.0 Å². The first-order valence-electron chi connectivity index (χ1n) is 5.98. The van der Waals surface area contributed by atoms with Gasteiger partial charge in [-0.2, -0.15) is 0 Å². The Bertz CT molecular complexity index is 570. The molecule has 1 heterocycles. The van der Waals surface area contributed by atoms with E-state index in [-0.39, 0.29) is 5.91 Å². The standard InChI is InChI=1S/C14H13BrN2O/c15-10-3-5-11(6-4-10)16-14(18)13-2-1-9-17(13)12-7-8-12/h1-6,9,12H,7-8H2,(H,16,18). The maximum atomic E-state index is 12.2. The van der Waals surface area contributed by atoms with Gasteiger partial charge in [0.15, 0.2) is 0 Å². The number of hydrogen-bond acceptors (Lipinski definition) is 1. The van der Waals surface area contributed by atoms with E-state index in [1.807, 2.05) is 42.6 Å². The molecule has 0 bridgehead atoms. The second-order valence-corrected chi connectivity index (χ2v) is 5.41. The van der Waals surface area contributed by atoms with E-state index < -0.39 is 0 Å². The number of aromatic nitrogens is 1. The minimum Gasteiger partial charge on any atom is -0.340 e. The van der Waals surface area contributed by atoms with Crippen molar-refractivity contribution in [3.63, 3.8) is 0 Å². The molecule has 1 saturated carbocycles. The molecular formula is C14H13BrN2O.